The molecule has 2 aromatic rings. The van der Waals surface area contributed by atoms with Crippen LogP contribution < -0.4 is 4.73 Å². The summed E-state index contributed by atoms with van der Waals surface area (Å²) >= 11 is 0. The first-order chi connectivity index (χ1) is 5.29. The van der Waals surface area contributed by atoms with Gasteiger partial charge < -0.3 is 9.62 Å². The van der Waals surface area contributed by atoms with Crippen molar-refractivity contribution in [3.63, 3.8) is 0 Å². The van der Waals surface area contributed by atoms with Gasteiger partial charge in [0.1, 0.15) is 0 Å². The molecule has 0 bridgehead atoms. The highest BCUT2D eigenvalue weighted by Crippen LogP contribution is 2.13. The predicted octanol–water partition coefficient (Wildman–Crippen LogP) is 1.21. The van der Waals surface area contributed by atoms with Crippen LogP contribution in [0.5, 0.6) is 0 Å². The molecule has 4 heteroatoms. The van der Waals surface area contributed by atoms with Crippen molar-refractivity contribution in [3.8, 4) is 0 Å². The molecule has 1 aromatic heterocycles. The van der Waals surface area contributed by atoms with Crippen molar-refractivity contribution in [2.45, 2.75) is 0 Å². The van der Waals surface area contributed by atoms with Crippen LogP contribution in [0.25, 0.3) is 11.1 Å². The molecule has 0 saturated heterocycles. The maximum Gasteiger partial charge on any atom is 0.347 e. The highest BCUT2D eigenvalue weighted by molar-refractivity contribution is 5.68. The highest BCUT2D eigenvalue weighted by Gasteiger charge is 2.10. The summed E-state index contributed by atoms with van der Waals surface area (Å²) in [4.78, 5) is 0. The fourth-order valence-corrected chi connectivity index (χ4v) is 0.945. The van der Waals surface area contributed by atoms with Crippen LogP contribution in [0, 0.1) is 11.0 Å². The van der Waals surface area contributed by atoms with E-state index in [0.717, 1.165) is 6.39 Å². The van der Waals surface area contributed by atoms with Gasteiger partial charge >= 0.3 is 6.39 Å². The van der Waals surface area contributed by atoms with Crippen LogP contribution in [0.15, 0.2) is 29.0 Å². The zero-order chi connectivity index (χ0) is 7.84. The number of rotatable bonds is 0. The molecule has 0 atom stereocenters. The molecule has 0 saturated carbocycles. The van der Waals surface area contributed by atoms with E-state index in [0.29, 0.717) is 4.73 Å². The van der Waals surface area contributed by atoms with E-state index >= 15 is 0 Å². The van der Waals surface area contributed by atoms with Crippen LogP contribution in [0.4, 0.5) is 4.39 Å². The van der Waals surface area contributed by atoms with Gasteiger partial charge in [-0.3, -0.25) is 0 Å². The first-order valence-corrected chi connectivity index (χ1v) is 3.04. The number of hydrogen-bond acceptors (Lipinski definition) is 2. The SMILES string of the molecule is [O-][n+]1coc2c(F)cccc21. The lowest BCUT2D eigenvalue weighted by atomic mass is 10.3. The smallest absolute Gasteiger partial charge is 0.347 e. The van der Waals surface area contributed by atoms with Crippen LogP contribution in [-0.4, -0.2) is 0 Å². The summed E-state index contributed by atoms with van der Waals surface area (Å²) in [6.07, 6.45) is 0.924. The Morgan fingerprint density at radius 3 is 3.00 bits per heavy atom. The minimum absolute atomic E-state index is 0.00231. The van der Waals surface area contributed by atoms with Gasteiger partial charge in [-0.25, -0.2) is 4.39 Å². The Morgan fingerprint density at radius 1 is 1.45 bits per heavy atom. The standard InChI is InChI=1S/C7H4FNO2/c8-5-2-1-3-6-7(5)11-4-9(6)10/h1-4H. The summed E-state index contributed by atoms with van der Waals surface area (Å²) in [6.45, 7) is 0. The second kappa shape index (κ2) is 1.95. The zero-order valence-electron chi connectivity index (χ0n) is 5.45. The molecule has 0 aliphatic heterocycles. The molecule has 0 unspecified atom stereocenters. The molecule has 0 aliphatic carbocycles. The third-order valence-corrected chi connectivity index (χ3v) is 1.45. The molecular formula is C7H4FNO2. The normalized spacial score (nSPS) is 10.6. The zero-order valence-corrected chi connectivity index (χ0v) is 5.45. The average Bonchev–Trinajstić information content (AvgIpc) is 2.35. The van der Waals surface area contributed by atoms with E-state index in [1.807, 2.05) is 0 Å². The molecule has 2 rings (SSSR count). The number of nitrogens with zero attached hydrogens (tertiary/aromatic N) is 1. The van der Waals surface area contributed by atoms with E-state index in [1.54, 1.807) is 0 Å². The quantitative estimate of drug-likeness (QED) is 0.421. The van der Waals surface area contributed by atoms with Gasteiger partial charge in [0.2, 0.25) is 5.58 Å². The van der Waals surface area contributed by atoms with Crippen molar-refractivity contribution < 1.29 is 13.5 Å². The minimum Gasteiger partial charge on any atom is -0.616 e. The van der Waals surface area contributed by atoms with E-state index in [4.69, 9.17) is 0 Å². The van der Waals surface area contributed by atoms with Crippen LogP contribution in [0.1, 0.15) is 0 Å². The van der Waals surface area contributed by atoms with E-state index in [9.17, 15) is 9.60 Å². The summed E-state index contributed by atoms with van der Waals surface area (Å²) in [7, 11) is 0. The van der Waals surface area contributed by atoms with Crippen molar-refractivity contribution in [2.24, 2.45) is 0 Å². The molecule has 0 spiro atoms. The molecular weight excluding hydrogens is 149 g/mol. The number of benzene rings is 1. The average molecular weight is 153 g/mol. The Kier molecular flexibility index (Phi) is 1.09. The topological polar surface area (TPSA) is 40.1 Å². The number of halogens is 1. The first kappa shape index (κ1) is 6.15. The molecule has 0 fully saturated rings. The summed E-state index contributed by atoms with van der Waals surface area (Å²) in [5.74, 6) is -0.517. The molecule has 0 N–H and O–H groups in total. The number of para-hydroxylation sites is 1. The lowest BCUT2D eigenvalue weighted by Crippen LogP contribution is -2.22. The third kappa shape index (κ3) is 0.756. The maximum atomic E-state index is 12.8. The number of fused-ring (bicyclic) bond motifs is 1. The van der Waals surface area contributed by atoms with Gasteiger partial charge in [0.15, 0.2) is 5.82 Å². The van der Waals surface area contributed by atoms with E-state index in [1.165, 1.54) is 18.2 Å². The number of hydrogen-bond donors (Lipinski definition) is 0. The summed E-state index contributed by atoms with van der Waals surface area (Å²) < 4.78 is 17.9. The van der Waals surface area contributed by atoms with Crippen molar-refractivity contribution in [1.29, 1.82) is 0 Å². The van der Waals surface area contributed by atoms with Crippen molar-refractivity contribution in [2.75, 3.05) is 0 Å². The van der Waals surface area contributed by atoms with E-state index in [-0.39, 0.29) is 11.1 Å². The van der Waals surface area contributed by atoms with Crippen LogP contribution in [-0.2, 0) is 0 Å². The van der Waals surface area contributed by atoms with Crippen LogP contribution >= 0.6 is 0 Å². The molecule has 11 heavy (non-hydrogen) atoms. The predicted molar refractivity (Wildman–Crippen MR) is 35.1 cm³/mol. The lowest BCUT2D eigenvalue weighted by molar-refractivity contribution is -0.582. The molecule has 1 heterocycles. The number of oxazole rings is 1. The van der Waals surface area contributed by atoms with Gasteiger partial charge in [-0.15, -0.1) is 4.73 Å². The monoisotopic (exact) mass is 153 g/mol. The van der Waals surface area contributed by atoms with Crippen LogP contribution in [0.2, 0.25) is 0 Å². The van der Waals surface area contributed by atoms with Crippen molar-refractivity contribution >= 4 is 11.1 Å². The summed E-state index contributed by atoms with van der Waals surface area (Å²) in [5.41, 5.74) is 0.215. The van der Waals surface area contributed by atoms with E-state index < -0.39 is 5.82 Å². The molecule has 56 valence electrons. The fraction of sp³-hybridized carbons (Fsp3) is 0. The minimum atomic E-state index is -0.517. The van der Waals surface area contributed by atoms with E-state index in [2.05, 4.69) is 4.42 Å². The first-order valence-electron chi connectivity index (χ1n) is 3.04. The summed E-state index contributed by atoms with van der Waals surface area (Å²) in [6, 6.07) is 4.20. The largest absolute Gasteiger partial charge is 0.616 e. The Balaban J connectivity index is 2.94. The maximum absolute atomic E-state index is 12.8. The van der Waals surface area contributed by atoms with Gasteiger partial charge in [-0.05, 0) is 6.07 Å². The molecule has 1 aromatic carbocycles. The Hall–Kier alpha value is -1.58. The van der Waals surface area contributed by atoms with Gasteiger partial charge in [0.05, 0.1) is 0 Å². The Morgan fingerprint density at radius 2 is 2.27 bits per heavy atom. The second-order valence-electron chi connectivity index (χ2n) is 2.14. The lowest BCUT2D eigenvalue weighted by Gasteiger charge is -1.87. The fourth-order valence-electron chi connectivity index (χ4n) is 0.945. The number of aromatic nitrogens is 1. The molecule has 3 nitrogen and oxygen atoms in total. The van der Waals surface area contributed by atoms with Gasteiger partial charge in [0, 0.05) is 6.07 Å². The van der Waals surface area contributed by atoms with Gasteiger partial charge in [0.25, 0.3) is 5.52 Å². The van der Waals surface area contributed by atoms with Crippen molar-refractivity contribution in [1.82, 2.24) is 0 Å². The molecule has 0 aliphatic rings. The third-order valence-electron chi connectivity index (χ3n) is 1.45. The Labute approximate surface area is 61.3 Å². The molecule has 0 amide bonds. The summed E-state index contributed by atoms with van der Waals surface area (Å²) in [5, 5.41) is 10.8. The van der Waals surface area contributed by atoms with Gasteiger partial charge in [-0.1, -0.05) is 6.07 Å². The second-order valence-corrected chi connectivity index (χ2v) is 2.14. The van der Waals surface area contributed by atoms with Crippen LogP contribution in [0.3, 0.4) is 0 Å². The van der Waals surface area contributed by atoms with Crippen molar-refractivity contribution in [3.05, 3.63) is 35.6 Å². The Bertz CT molecular complexity index is 396. The van der Waals surface area contributed by atoms with Gasteiger partial charge in [-0.2, -0.15) is 0 Å². The molecule has 0 radical (unpaired) electrons. The highest BCUT2D eigenvalue weighted by atomic mass is 19.1.